The summed E-state index contributed by atoms with van der Waals surface area (Å²) in [5, 5.41) is 0. The van der Waals surface area contributed by atoms with Gasteiger partial charge in [0.05, 0.1) is 13.2 Å². The summed E-state index contributed by atoms with van der Waals surface area (Å²) >= 11 is 0. The van der Waals surface area contributed by atoms with Crippen LogP contribution in [0.2, 0.25) is 0 Å². The highest BCUT2D eigenvalue weighted by molar-refractivity contribution is 7.54. The topological polar surface area (TPSA) is 70.8 Å². The Labute approximate surface area is 116 Å². The lowest BCUT2D eigenvalue weighted by molar-refractivity contribution is -0.0498. The number of ether oxygens (including phenoxy) is 1. The Bertz CT molecular complexity index is 463. The maximum absolute atomic E-state index is 12.5. The summed E-state index contributed by atoms with van der Waals surface area (Å²) in [7, 11) is -3.55. The van der Waals surface area contributed by atoms with Gasteiger partial charge in [0.2, 0.25) is 0 Å². The molecule has 1 atom stereocenters. The average molecular weight is 309 g/mol. The molecule has 0 radical (unpaired) electrons. The summed E-state index contributed by atoms with van der Waals surface area (Å²) in [6, 6.07) is 5.68. The van der Waals surface area contributed by atoms with E-state index in [2.05, 4.69) is 4.74 Å². The molecule has 0 fully saturated rings. The monoisotopic (exact) mass is 309 g/mol. The highest BCUT2D eigenvalue weighted by Crippen LogP contribution is 2.58. The lowest BCUT2D eigenvalue weighted by Gasteiger charge is -2.23. The Morgan fingerprint density at radius 2 is 1.85 bits per heavy atom. The molecule has 1 aromatic carbocycles. The zero-order valence-electron chi connectivity index (χ0n) is 11.3. The predicted octanol–water partition coefficient (Wildman–Crippen LogP) is 3.51. The minimum atomic E-state index is -3.55. The first kappa shape index (κ1) is 17.0. The van der Waals surface area contributed by atoms with Crippen molar-refractivity contribution in [2.75, 3.05) is 13.2 Å². The SMILES string of the molecule is CCOP(=O)(OCC)[C@H](N)c1cccc(OC(F)F)c1. The molecule has 1 aromatic rings. The molecule has 5 nitrogen and oxygen atoms in total. The van der Waals surface area contributed by atoms with Gasteiger partial charge in [0.25, 0.3) is 0 Å². The maximum Gasteiger partial charge on any atom is 0.387 e. The lowest BCUT2D eigenvalue weighted by atomic mass is 10.2. The van der Waals surface area contributed by atoms with Crippen molar-refractivity contribution in [3.05, 3.63) is 29.8 Å². The van der Waals surface area contributed by atoms with E-state index in [1.165, 1.54) is 18.2 Å². The van der Waals surface area contributed by atoms with Gasteiger partial charge in [-0.1, -0.05) is 12.1 Å². The first-order valence-corrected chi connectivity index (χ1v) is 7.73. The van der Waals surface area contributed by atoms with Crippen LogP contribution in [-0.4, -0.2) is 19.8 Å². The summed E-state index contributed by atoms with van der Waals surface area (Å²) in [4.78, 5) is 0. The van der Waals surface area contributed by atoms with Crippen molar-refractivity contribution in [3.8, 4) is 5.75 Å². The van der Waals surface area contributed by atoms with Crippen molar-refractivity contribution in [1.29, 1.82) is 0 Å². The number of alkyl halides is 2. The zero-order chi connectivity index (χ0) is 15.2. The number of hydrogen-bond acceptors (Lipinski definition) is 5. The molecule has 20 heavy (non-hydrogen) atoms. The van der Waals surface area contributed by atoms with Crippen LogP contribution < -0.4 is 10.5 Å². The van der Waals surface area contributed by atoms with Crippen LogP contribution in [0, 0.1) is 0 Å². The van der Waals surface area contributed by atoms with Gasteiger partial charge >= 0.3 is 14.2 Å². The minimum Gasteiger partial charge on any atom is -0.435 e. The maximum atomic E-state index is 12.5. The molecule has 114 valence electrons. The molecular weight excluding hydrogens is 291 g/mol. The summed E-state index contributed by atoms with van der Waals surface area (Å²) in [6.07, 6.45) is 0. The Morgan fingerprint density at radius 3 is 2.35 bits per heavy atom. The molecular formula is C12H18F2NO4P. The van der Waals surface area contributed by atoms with Gasteiger partial charge in [0, 0.05) is 0 Å². The summed E-state index contributed by atoms with van der Waals surface area (Å²) in [5.41, 5.74) is 6.23. The quantitative estimate of drug-likeness (QED) is 0.744. The number of halogens is 2. The number of rotatable bonds is 8. The number of nitrogens with two attached hydrogens (primary N) is 1. The van der Waals surface area contributed by atoms with E-state index in [0.29, 0.717) is 5.56 Å². The molecule has 8 heteroatoms. The molecule has 0 bridgehead atoms. The van der Waals surface area contributed by atoms with E-state index in [1.807, 2.05) is 0 Å². The van der Waals surface area contributed by atoms with E-state index < -0.39 is 20.0 Å². The fraction of sp³-hybridized carbons (Fsp3) is 0.500. The van der Waals surface area contributed by atoms with Crippen molar-refractivity contribution in [2.24, 2.45) is 5.73 Å². The van der Waals surface area contributed by atoms with Gasteiger partial charge in [-0.15, -0.1) is 0 Å². The summed E-state index contributed by atoms with van der Waals surface area (Å²) in [6.45, 7) is 0.715. The molecule has 0 unspecified atom stereocenters. The van der Waals surface area contributed by atoms with Gasteiger partial charge in [0.1, 0.15) is 11.5 Å². The smallest absolute Gasteiger partial charge is 0.387 e. The molecule has 0 heterocycles. The van der Waals surface area contributed by atoms with Crippen LogP contribution >= 0.6 is 7.60 Å². The van der Waals surface area contributed by atoms with Gasteiger partial charge in [-0.25, -0.2) is 0 Å². The minimum absolute atomic E-state index is 0.0625. The van der Waals surface area contributed by atoms with Crippen molar-refractivity contribution in [3.63, 3.8) is 0 Å². The Hall–Kier alpha value is -1.01. The van der Waals surface area contributed by atoms with E-state index in [4.69, 9.17) is 14.8 Å². The van der Waals surface area contributed by atoms with Crippen molar-refractivity contribution in [1.82, 2.24) is 0 Å². The molecule has 0 aromatic heterocycles. The molecule has 0 amide bonds. The Kier molecular flexibility index (Phi) is 6.55. The van der Waals surface area contributed by atoms with Crippen LogP contribution in [0.1, 0.15) is 25.2 Å². The standard InChI is InChI=1S/C12H18F2NO4P/c1-3-17-20(16,18-4-2)11(15)9-6-5-7-10(8-9)19-12(13)14/h5-8,11-12H,3-4,15H2,1-2H3/t11-/m0/s1. The second-order valence-electron chi connectivity index (χ2n) is 3.77. The van der Waals surface area contributed by atoms with Gasteiger partial charge < -0.3 is 19.5 Å². The van der Waals surface area contributed by atoms with Crippen LogP contribution in [0.4, 0.5) is 8.78 Å². The van der Waals surface area contributed by atoms with Crippen LogP contribution in [0.25, 0.3) is 0 Å². The normalized spacial score (nSPS) is 13.5. The lowest BCUT2D eigenvalue weighted by Crippen LogP contribution is -2.15. The first-order valence-electron chi connectivity index (χ1n) is 6.12. The first-order chi connectivity index (χ1) is 9.42. The van der Waals surface area contributed by atoms with E-state index in [0.717, 1.165) is 0 Å². The second-order valence-corrected chi connectivity index (χ2v) is 5.92. The third kappa shape index (κ3) is 4.52. The average Bonchev–Trinajstić information content (AvgIpc) is 2.38. The molecule has 0 aliphatic rings. The molecule has 0 spiro atoms. The molecule has 0 aliphatic carbocycles. The highest BCUT2D eigenvalue weighted by Gasteiger charge is 2.34. The van der Waals surface area contributed by atoms with E-state index in [9.17, 15) is 13.3 Å². The van der Waals surface area contributed by atoms with Gasteiger partial charge in [-0.2, -0.15) is 8.78 Å². The van der Waals surface area contributed by atoms with Crippen LogP contribution in [-0.2, 0) is 13.6 Å². The molecule has 1 rings (SSSR count). The summed E-state index contributed by atoms with van der Waals surface area (Å²) < 4.78 is 51.4. The van der Waals surface area contributed by atoms with Gasteiger partial charge in [-0.05, 0) is 31.5 Å². The largest absolute Gasteiger partial charge is 0.435 e. The zero-order valence-corrected chi connectivity index (χ0v) is 12.2. The van der Waals surface area contributed by atoms with Crippen LogP contribution in [0.5, 0.6) is 5.75 Å². The highest BCUT2D eigenvalue weighted by atomic mass is 31.2. The fourth-order valence-corrected chi connectivity index (χ4v) is 3.26. The van der Waals surface area contributed by atoms with Crippen molar-refractivity contribution < 1.29 is 27.1 Å². The van der Waals surface area contributed by atoms with Crippen molar-refractivity contribution >= 4 is 7.60 Å². The number of benzene rings is 1. The van der Waals surface area contributed by atoms with E-state index in [-0.39, 0.29) is 19.0 Å². The molecule has 0 saturated heterocycles. The number of hydrogen-bond donors (Lipinski definition) is 1. The van der Waals surface area contributed by atoms with E-state index in [1.54, 1.807) is 19.9 Å². The van der Waals surface area contributed by atoms with Gasteiger partial charge in [0.15, 0.2) is 0 Å². The summed E-state index contributed by atoms with van der Waals surface area (Å²) in [5.74, 6) is -1.13. The second kappa shape index (κ2) is 7.69. The van der Waals surface area contributed by atoms with Crippen LogP contribution in [0.15, 0.2) is 24.3 Å². The predicted molar refractivity (Wildman–Crippen MR) is 70.9 cm³/mol. The molecule has 0 saturated carbocycles. The van der Waals surface area contributed by atoms with E-state index >= 15 is 0 Å². The molecule has 2 N–H and O–H groups in total. The van der Waals surface area contributed by atoms with Gasteiger partial charge in [-0.3, -0.25) is 4.57 Å². The Balaban J connectivity index is 2.99. The Morgan fingerprint density at radius 1 is 1.25 bits per heavy atom. The fourth-order valence-electron chi connectivity index (χ4n) is 1.62. The third-order valence-electron chi connectivity index (χ3n) is 2.38. The molecule has 0 aliphatic heterocycles. The third-order valence-corrected chi connectivity index (χ3v) is 4.60. The van der Waals surface area contributed by atoms with Crippen LogP contribution in [0.3, 0.4) is 0 Å². The van der Waals surface area contributed by atoms with Crippen molar-refractivity contribution in [2.45, 2.75) is 26.2 Å².